The first kappa shape index (κ1) is 21.4. The van der Waals surface area contributed by atoms with E-state index >= 15 is 0 Å². The van der Waals surface area contributed by atoms with Gasteiger partial charge < -0.3 is 24.8 Å². The second-order valence-corrected chi connectivity index (χ2v) is 9.07. The first-order valence-corrected chi connectivity index (χ1v) is 11.6. The second-order valence-electron chi connectivity index (χ2n) is 9.07. The van der Waals surface area contributed by atoms with Gasteiger partial charge in [-0.15, -0.1) is 0 Å². The monoisotopic (exact) mass is 443 g/mol. The van der Waals surface area contributed by atoms with Crippen LogP contribution in [0.1, 0.15) is 38.3 Å². The van der Waals surface area contributed by atoms with Crippen molar-refractivity contribution >= 4 is 28.3 Å². The first-order chi connectivity index (χ1) is 16.0. The van der Waals surface area contributed by atoms with Crippen molar-refractivity contribution in [3.05, 3.63) is 48.0 Å². The maximum atomic E-state index is 12.0. The third kappa shape index (κ3) is 4.27. The number of nitrogens with one attached hydrogen (secondary N) is 2. The average Bonchev–Trinajstić information content (AvgIpc) is 3.60. The number of nitrogens with zero attached hydrogens (tertiary/aromatic N) is 3. The number of amides is 2. The SMILES string of the molecule is CC(C)NC(=O)Nc1ccc(-c2c(C#N)c3ccc(N4CCOCC4)cc3n2C2CC2)cc1. The Morgan fingerprint density at radius 2 is 1.85 bits per heavy atom. The molecule has 7 nitrogen and oxygen atoms in total. The Morgan fingerprint density at radius 3 is 2.48 bits per heavy atom. The molecule has 170 valence electrons. The van der Waals surface area contributed by atoms with Gasteiger partial charge in [-0.2, -0.15) is 5.26 Å². The Bertz CT molecular complexity index is 1210. The van der Waals surface area contributed by atoms with E-state index in [4.69, 9.17) is 4.74 Å². The summed E-state index contributed by atoms with van der Waals surface area (Å²) in [6, 6.07) is 16.9. The highest BCUT2D eigenvalue weighted by atomic mass is 16.5. The summed E-state index contributed by atoms with van der Waals surface area (Å²) in [5, 5.41) is 16.8. The summed E-state index contributed by atoms with van der Waals surface area (Å²) < 4.78 is 7.86. The summed E-state index contributed by atoms with van der Waals surface area (Å²) in [5.41, 5.74) is 5.68. The zero-order valence-electron chi connectivity index (χ0n) is 19.1. The number of hydrogen-bond donors (Lipinski definition) is 2. The van der Waals surface area contributed by atoms with Crippen molar-refractivity contribution in [1.82, 2.24) is 9.88 Å². The third-order valence-corrected chi connectivity index (χ3v) is 6.22. The van der Waals surface area contributed by atoms with Gasteiger partial charge in [0.25, 0.3) is 0 Å². The fourth-order valence-electron chi connectivity index (χ4n) is 4.57. The molecule has 1 aromatic heterocycles. The van der Waals surface area contributed by atoms with Crippen LogP contribution in [0.15, 0.2) is 42.5 Å². The van der Waals surface area contributed by atoms with Gasteiger partial charge in [0.15, 0.2) is 0 Å². The van der Waals surface area contributed by atoms with Crippen LogP contribution < -0.4 is 15.5 Å². The molecule has 2 aromatic carbocycles. The lowest BCUT2D eigenvalue weighted by Gasteiger charge is -2.29. The van der Waals surface area contributed by atoms with Gasteiger partial charge >= 0.3 is 6.03 Å². The smallest absolute Gasteiger partial charge is 0.319 e. The number of hydrogen-bond acceptors (Lipinski definition) is 4. The van der Waals surface area contributed by atoms with Crippen LogP contribution >= 0.6 is 0 Å². The Labute approximate surface area is 193 Å². The summed E-state index contributed by atoms with van der Waals surface area (Å²) in [6.45, 7) is 7.09. The second kappa shape index (κ2) is 8.80. The summed E-state index contributed by atoms with van der Waals surface area (Å²) >= 11 is 0. The zero-order valence-corrected chi connectivity index (χ0v) is 19.1. The number of aromatic nitrogens is 1. The molecule has 0 bridgehead atoms. The van der Waals surface area contributed by atoms with Crippen LogP contribution in [-0.4, -0.2) is 42.9 Å². The molecule has 2 amide bonds. The Kier molecular flexibility index (Phi) is 5.69. The van der Waals surface area contributed by atoms with Gasteiger partial charge in [-0.3, -0.25) is 0 Å². The lowest BCUT2D eigenvalue weighted by molar-refractivity contribution is 0.122. The minimum atomic E-state index is -0.224. The van der Waals surface area contributed by atoms with Gasteiger partial charge in [0.05, 0.1) is 30.0 Å². The van der Waals surface area contributed by atoms with E-state index in [0.29, 0.717) is 11.6 Å². The molecule has 1 aliphatic heterocycles. The molecule has 2 N–H and O–H groups in total. The van der Waals surface area contributed by atoms with Gasteiger partial charge in [-0.05, 0) is 62.6 Å². The number of morpholine rings is 1. The van der Waals surface area contributed by atoms with E-state index in [-0.39, 0.29) is 12.1 Å². The van der Waals surface area contributed by atoms with E-state index in [2.05, 4.69) is 44.4 Å². The van der Waals surface area contributed by atoms with Crippen molar-refractivity contribution in [2.45, 2.75) is 38.8 Å². The van der Waals surface area contributed by atoms with Gasteiger partial charge in [0.1, 0.15) is 6.07 Å². The number of nitriles is 1. The molecule has 2 fully saturated rings. The van der Waals surface area contributed by atoms with Crippen LogP contribution in [0.3, 0.4) is 0 Å². The van der Waals surface area contributed by atoms with E-state index in [0.717, 1.165) is 67.0 Å². The molecule has 0 atom stereocenters. The van der Waals surface area contributed by atoms with Crippen LogP contribution in [0.2, 0.25) is 0 Å². The predicted octanol–water partition coefficient (Wildman–Crippen LogP) is 4.88. The molecule has 0 spiro atoms. The van der Waals surface area contributed by atoms with Crippen molar-refractivity contribution in [2.75, 3.05) is 36.5 Å². The molecule has 33 heavy (non-hydrogen) atoms. The van der Waals surface area contributed by atoms with E-state index < -0.39 is 0 Å². The lowest BCUT2D eigenvalue weighted by Crippen LogP contribution is -2.36. The normalized spacial score (nSPS) is 16.1. The first-order valence-electron chi connectivity index (χ1n) is 11.6. The largest absolute Gasteiger partial charge is 0.378 e. The Hall–Kier alpha value is -3.50. The number of urea groups is 1. The maximum absolute atomic E-state index is 12.0. The van der Waals surface area contributed by atoms with E-state index in [9.17, 15) is 10.1 Å². The van der Waals surface area contributed by atoms with Crippen LogP contribution in [0.4, 0.5) is 16.2 Å². The number of fused-ring (bicyclic) bond motifs is 1. The highest BCUT2D eigenvalue weighted by Crippen LogP contribution is 2.45. The van der Waals surface area contributed by atoms with E-state index in [1.54, 1.807) is 0 Å². The van der Waals surface area contributed by atoms with Gasteiger partial charge in [0.2, 0.25) is 0 Å². The van der Waals surface area contributed by atoms with Crippen molar-refractivity contribution in [3.63, 3.8) is 0 Å². The third-order valence-electron chi connectivity index (χ3n) is 6.22. The van der Waals surface area contributed by atoms with Crippen LogP contribution in [0, 0.1) is 11.3 Å². The van der Waals surface area contributed by atoms with Crippen LogP contribution in [0.5, 0.6) is 0 Å². The molecule has 1 saturated heterocycles. The average molecular weight is 444 g/mol. The van der Waals surface area contributed by atoms with Crippen molar-refractivity contribution < 1.29 is 9.53 Å². The molecule has 0 unspecified atom stereocenters. The summed E-state index contributed by atoms with van der Waals surface area (Å²) in [6.07, 6.45) is 2.25. The molecule has 1 aliphatic carbocycles. The summed E-state index contributed by atoms with van der Waals surface area (Å²) in [4.78, 5) is 14.4. The molecule has 0 radical (unpaired) electrons. The van der Waals surface area contributed by atoms with Crippen LogP contribution in [-0.2, 0) is 4.74 Å². The quantitative estimate of drug-likeness (QED) is 0.589. The van der Waals surface area contributed by atoms with Crippen molar-refractivity contribution in [1.29, 1.82) is 5.26 Å². The van der Waals surface area contributed by atoms with Crippen LogP contribution in [0.25, 0.3) is 22.2 Å². The molecular weight excluding hydrogens is 414 g/mol. The predicted molar refractivity (Wildman–Crippen MR) is 131 cm³/mol. The fourth-order valence-corrected chi connectivity index (χ4v) is 4.57. The molecular formula is C26H29N5O2. The number of benzene rings is 2. The van der Waals surface area contributed by atoms with Gasteiger partial charge in [-0.25, -0.2) is 4.79 Å². The topological polar surface area (TPSA) is 82.3 Å². The van der Waals surface area contributed by atoms with Crippen molar-refractivity contribution in [2.24, 2.45) is 0 Å². The minimum Gasteiger partial charge on any atom is -0.378 e. The number of carbonyl (C=O) groups excluding carboxylic acids is 1. The summed E-state index contributed by atoms with van der Waals surface area (Å²) in [7, 11) is 0. The number of carbonyl (C=O) groups is 1. The standard InChI is InChI=1S/C26H29N5O2/c1-17(2)28-26(32)29-19-5-3-18(4-6-19)25-23(16-27)22-10-9-21(30-11-13-33-14-12-30)15-24(22)31(25)20-7-8-20/h3-6,9-10,15,17,20H,7-8,11-14H2,1-2H3,(H2,28,29,32). The summed E-state index contributed by atoms with van der Waals surface area (Å²) in [5.74, 6) is 0. The van der Waals surface area contributed by atoms with E-state index in [1.165, 1.54) is 5.69 Å². The van der Waals surface area contributed by atoms with E-state index in [1.807, 2.05) is 38.1 Å². The molecule has 7 heteroatoms. The molecule has 3 aromatic rings. The van der Waals surface area contributed by atoms with Gasteiger partial charge in [-0.1, -0.05) is 12.1 Å². The minimum absolute atomic E-state index is 0.0686. The Balaban J connectivity index is 1.54. The number of rotatable bonds is 5. The fraction of sp³-hybridized carbons (Fsp3) is 0.385. The Morgan fingerprint density at radius 1 is 1.12 bits per heavy atom. The number of anilines is 2. The molecule has 5 rings (SSSR count). The van der Waals surface area contributed by atoms with Gasteiger partial charge in [0, 0.05) is 41.9 Å². The molecule has 2 aliphatic rings. The molecule has 1 saturated carbocycles. The zero-order chi connectivity index (χ0) is 22.9. The highest BCUT2D eigenvalue weighted by Gasteiger charge is 2.31. The maximum Gasteiger partial charge on any atom is 0.319 e. The van der Waals surface area contributed by atoms with Crippen molar-refractivity contribution in [3.8, 4) is 17.3 Å². The number of ether oxygens (including phenoxy) is 1. The highest BCUT2D eigenvalue weighted by molar-refractivity contribution is 5.97. The molecule has 2 heterocycles. The lowest BCUT2D eigenvalue weighted by atomic mass is 10.1.